The molecule has 0 unspecified atom stereocenters. The Bertz CT molecular complexity index is 1280. The zero-order valence-corrected chi connectivity index (χ0v) is 22.8. The average molecular weight is 529 g/mol. The van der Waals surface area contributed by atoms with Crippen molar-refractivity contribution in [2.24, 2.45) is 0 Å². The summed E-state index contributed by atoms with van der Waals surface area (Å²) in [6.07, 6.45) is 0. The SMILES string of the molecule is C[Si](C)(C)OCc1ccc(OC(=O)c2ccccc2)cc1.O=C(Oc1ccc(CO)cc1)c1ccccc1. The second-order valence-corrected chi connectivity index (χ2v) is 13.9. The van der Waals surface area contributed by atoms with Crippen LogP contribution >= 0.6 is 0 Å². The van der Waals surface area contributed by atoms with Crippen molar-refractivity contribution < 1.29 is 28.6 Å². The smallest absolute Gasteiger partial charge is 0.343 e. The number of esters is 2. The van der Waals surface area contributed by atoms with Crippen LogP contribution in [0.5, 0.6) is 11.5 Å². The second-order valence-electron chi connectivity index (χ2n) is 9.36. The molecular weight excluding hydrogens is 496 g/mol. The lowest BCUT2D eigenvalue weighted by Crippen LogP contribution is -2.24. The first-order valence-electron chi connectivity index (χ1n) is 12.2. The van der Waals surface area contributed by atoms with E-state index in [4.69, 9.17) is 19.0 Å². The van der Waals surface area contributed by atoms with Crippen molar-refractivity contribution in [3.05, 3.63) is 131 Å². The third-order valence-electron chi connectivity index (χ3n) is 5.14. The minimum atomic E-state index is -1.51. The normalized spacial score (nSPS) is 10.6. The van der Waals surface area contributed by atoms with E-state index in [0.29, 0.717) is 29.2 Å². The summed E-state index contributed by atoms with van der Waals surface area (Å²) < 4.78 is 16.3. The molecule has 6 nitrogen and oxygen atoms in total. The van der Waals surface area contributed by atoms with E-state index in [2.05, 4.69) is 19.6 Å². The topological polar surface area (TPSA) is 82.1 Å². The zero-order chi connectivity index (χ0) is 27.4. The number of ether oxygens (including phenoxy) is 2. The molecule has 0 bridgehead atoms. The summed E-state index contributed by atoms with van der Waals surface area (Å²) in [7, 11) is -1.51. The van der Waals surface area contributed by atoms with E-state index in [1.165, 1.54) is 0 Å². The number of rotatable bonds is 8. The highest BCUT2D eigenvalue weighted by molar-refractivity contribution is 6.69. The molecule has 0 aromatic heterocycles. The van der Waals surface area contributed by atoms with Gasteiger partial charge in [-0.3, -0.25) is 0 Å². The predicted molar refractivity (Wildman–Crippen MR) is 150 cm³/mol. The maximum Gasteiger partial charge on any atom is 0.343 e. The number of aliphatic hydroxyl groups excluding tert-OH is 1. The molecule has 4 aromatic carbocycles. The van der Waals surface area contributed by atoms with E-state index in [1.54, 1.807) is 72.8 Å². The molecule has 0 heterocycles. The van der Waals surface area contributed by atoms with E-state index < -0.39 is 8.32 Å². The number of carbonyl (C=O) groups excluding carboxylic acids is 2. The minimum Gasteiger partial charge on any atom is -0.423 e. The Labute approximate surface area is 224 Å². The van der Waals surface area contributed by atoms with Gasteiger partial charge in [0.2, 0.25) is 0 Å². The Kier molecular flexibility index (Phi) is 10.5. The van der Waals surface area contributed by atoms with E-state index in [9.17, 15) is 9.59 Å². The van der Waals surface area contributed by atoms with Crippen molar-refractivity contribution >= 4 is 20.3 Å². The van der Waals surface area contributed by atoms with E-state index in [1.807, 2.05) is 36.4 Å². The van der Waals surface area contributed by atoms with Gasteiger partial charge in [0.25, 0.3) is 0 Å². The van der Waals surface area contributed by atoms with Gasteiger partial charge in [-0.05, 0) is 79.3 Å². The molecule has 4 aromatic rings. The van der Waals surface area contributed by atoms with Gasteiger partial charge in [0.1, 0.15) is 11.5 Å². The lowest BCUT2D eigenvalue weighted by Gasteiger charge is -2.17. The standard InChI is InChI=1S/C17H20O3Si.C14H12O3/c1-21(2,3)19-13-14-9-11-16(12-10-14)20-17(18)15-7-5-4-6-8-15;15-10-11-6-8-13(9-7-11)17-14(16)12-4-2-1-3-5-12/h4-12H,13H2,1-3H3;1-9,15H,10H2. The van der Waals surface area contributed by atoms with Crippen molar-refractivity contribution in [2.45, 2.75) is 32.9 Å². The quantitative estimate of drug-likeness (QED) is 0.157. The first kappa shape index (κ1) is 28.5. The van der Waals surface area contributed by atoms with Gasteiger partial charge in [-0.15, -0.1) is 0 Å². The predicted octanol–water partition coefficient (Wildman–Crippen LogP) is 6.66. The molecule has 1 N–H and O–H groups in total. The Hall–Kier alpha value is -4.04. The van der Waals surface area contributed by atoms with Crippen LogP contribution in [0.1, 0.15) is 31.8 Å². The Morgan fingerprint density at radius 2 is 1.00 bits per heavy atom. The summed E-state index contributed by atoms with van der Waals surface area (Å²) in [6, 6.07) is 32.0. The maximum atomic E-state index is 11.9. The van der Waals surface area contributed by atoms with Gasteiger partial charge in [0.15, 0.2) is 8.32 Å². The van der Waals surface area contributed by atoms with Crippen LogP contribution in [0.15, 0.2) is 109 Å². The highest BCUT2D eigenvalue weighted by Crippen LogP contribution is 2.17. The summed E-state index contributed by atoms with van der Waals surface area (Å²) in [6.45, 7) is 7.05. The molecule has 0 spiro atoms. The molecule has 0 amide bonds. The summed E-state index contributed by atoms with van der Waals surface area (Å²) in [5.41, 5.74) is 2.92. The first-order chi connectivity index (χ1) is 18.2. The van der Waals surface area contributed by atoms with Crippen LogP contribution < -0.4 is 9.47 Å². The van der Waals surface area contributed by atoms with Crippen LogP contribution in [0.2, 0.25) is 19.6 Å². The Balaban J connectivity index is 0.000000215. The monoisotopic (exact) mass is 528 g/mol. The highest BCUT2D eigenvalue weighted by atomic mass is 28.4. The number of benzene rings is 4. The van der Waals surface area contributed by atoms with Crippen molar-refractivity contribution in [3.63, 3.8) is 0 Å². The molecule has 0 atom stereocenters. The molecular formula is C31H32O6Si. The average Bonchev–Trinajstić information content (AvgIpc) is 2.94. The van der Waals surface area contributed by atoms with Gasteiger partial charge in [0, 0.05) is 0 Å². The Morgan fingerprint density at radius 1 is 0.605 bits per heavy atom. The van der Waals surface area contributed by atoms with Gasteiger partial charge in [0.05, 0.1) is 24.3 Å². The summed E-state index contributed by atoms with van der Waals surface area (Å²) in [5.74, 6) is 0.278. The fourth-order valence-electron chi connectivity index (χ4n) is 3.10. The van der Waals surface area contributed by atoms with Crippen LogP contribution in [-0.4, -0.2) is 25.4 Å². The molecule has 0 saturated heterocycles. The van der Waals surface area contributed by atoms with Crippen LogP contribution in [0.3, 0.4) is 0 Å². The van der Waals surface area contributed by atoms with Crippen LogP contribution in [0.25, 0.3) is 0 Å². The highest BCUT2D eigenvalue weighted by Gasteiger charge is 2.14. The maximum absolute atomic E-state index is 11.9. The van der Waals surface area contributed by atoms with Crippen molar-refractivity contribution in [3.8, 4) is 11.5 Å². The molecule has 7 heteroatoms. The summed E-state index contributed by atoms with van der Waals surface area (Å²) in [5, 5.41) is 8.88. The zero-order valence-electron chi connectivity index (χ0n) is 21.8. The first-order valence-corrected chi connectivity index (χ1v) is 15.6. The van der Waals surface area contributed by atoms with Crippen molar-refractivity contribution in [1.29, 1.82) is 0 Å². The number of carbonyl (C=O) groups is 2. The van der Waals surface area contributed by atoms with Crippen molar-refractivity contribution in [1.82, 2.24) is 0 Å². The van der Waals surface area contributed by atoms with Gasteiger partial charge >= 0.3 is 11.9 Å². The van der Waals surface area contributed by atoms with E-state index in [-0.39, 0.29) is 18.5 Å². The molecule has 0 radical (unpaired) electrons. The fraction of sp³-hybridized carbons (Fsp3) is 0.161. The molecule has 0 aliphatic rings. The number of aliphatic hydroxyl groups is 1. The van der Waals surface area contributed by atoms with Crippen LogP contribution in [-0.2, 0) is 17.6 Å². The van der Waals surface area contributed by atoms with Gasteiger partial charge in [-0.2, -0.15) is 0 Å². The van der Waals surface area contributed by atoms with Gasteiger partial charge in [-0.25, -0.2) is 9.59 Å². The molecule has 0 saturated carbocycles. The molecule has 0 aliphatic heterocycles. The third kappa shape index (κ3) is 9.78. The Morgan fingerprint density at radius 3 is 1.37 bits per heavy atom. The number of hydrogen-bond acceptors (Lipinski definition) is 6. The third-order valence-corrected chi connectivity index (χ3v) is 6.15. The molecule has 0 aliphatic carbocycles. The lowest BCUT2D eigenvalue weighted by atomic mass is 10.2. The molecule has 38 heavy (non-hydrogen) atoms. The van der Waals surface area contributed by atoms with E-state index in [0.717, 1.165) is 11.1 Å². The summed E-state index contributed by atoms with van der Waals surface area (Å²) in [4.78, 5) is 23.6. The number of hydrogen-bond donors (Lipinski definition) is 1. The summed E-state index contributed by atoms with van der Waals surface area (Å²) >= 11 is 0. The minimum absolute atomic E-state index is 0.0209. The van der Waals surface area contributed by atoms with Gasteiger partial charge in [-0.1, -0.05) is 60.7 Å². The van der Waals surface area contributed by atoms with Crippen LogP contribution in [0, 0.1) is 0 Å². The fourth-order valence-corrected chi connectivity index (χ4v) is 3.70. The molecule has 196 valence electrons. The van der Waals surface area contributed by atoms with E-state index >= 15 is 0 Å². The second kappa shape index (κ2) is 14.0. The largest absolute Gasteiger partial charge is 0.423 e. The molecule has 4 rings (SSSR count). The van der Waals surface area contributed by atoms with Crippen LogP contribution in [0.4, 0.5) is 0 Å². The molecule has 0 fully saturated rings. The van der Waals surface area contributed by atoms with Crippen molar-refractivity contribution in [2.75, 3.05) is 0 Å². The van der Waals surface area contributed by atoms with Gasteiger partial charge < -0.3 is 19.0 Å². The lowest BCUT2D eigenvalue weighted by molar-refractivity contribution is 0.0725.